The summed E-state index contributed by atoms with van der Waals surface area (Å²) in [6, 6.07) is 12.7. The van der Waals surface area contributed by atoms with Gasteiger partial charge in [0.2, 0.25) is 0 Å². The van der Waals surface area contributed by atoms with Crippen molar-refractivity contribution in [1.82, 2.24) is 14.8 Å². The summed E-state index contributed by atoms with van der Waals surface area (Å²) in [7, 11) is 1.66. The molecular weight excluding hydrogens is 373 g/mol. The summed E-state index contributed by atoms with van der Waals surface area (Å²) in [6.45, 7) is 2.74. The number of nitrogens with one attached hydrogen (secondary N) is 1. The molecule has 1 aromatic heterocycles. The number of amides is 1. The Hall–Kier alpha value is -2.99. The summed E-state index contributed by atoms with van der Waals surface area (Å²) in [5.41, 5.74) is 4.78. The van der Waals surface area contributed by atoms with E-state index in [1.807, 2.05) is 18.3 Å². The summed E-state index contributed by atoms with van der Waals surface area (Å²) in [5, 5.41) is 4.45. The molecule has 28 heavy (non-hydrogen) atoms. The standard InChI is InChI=1S/C22H20FN3OS/c1-3-15-5-4-6-18-16(11-19-21(27)25(2)22(28)24-19)13-26(20(15)18)12-14-7-9-17(23)10-8-14/h4-11,13H,3,12H2,1-2H3,(H,24,28)/b19-11-. The van der Waals surface area contributed by atoms with Crippen molar-refractivity contribution in [1.29, 1.82) is 0 Å². The molecule has 4 nitrogen and oxygen atoms in total. The van der Waals surface area contributed by atoms with Gasteiger partial charge in [-0.1, -0.05) is 37.3 Å². The largest absolute Gasteiger partial charge is 0.342 e. The maximum Gasteiger partial charge on any atom is 0.276 e. The Morgan fingerprint density at radius 1 is 1.18 bits per heavy atom. The van der Waals surface area contributed by atoms with Crippen molar-refractivity contribution in [3.8, 4) is 0 Å². The Morgan fingerprint density at radius 3 is 2.57 bits per heavy atom. The highest BCUT2D eigenvalue weighted by atomic mass is 32.1. The van der Waals surface area contributed by atoms with Crippen molar-refractivity contribution in [2.75, 3.05) is 7.05 Å². The zero-order valence-electron chi connectivity index (χ0n) is 15.7. The van der Waals surface area contributed by atoms with Crippen LogP contribution in [0.4, 0.5) is 4.39 Å². The first-order chi connectivity index (χ1) is 13.5. The van der Waals surface area contributed by atoms with Crippen LogP contribution in [0, 0.1) is 5.82 Å². The van der Waals surface area contributed by atoms with E-state index < -0.39 is 0 Å². The van der Waals surface area contributed by atoms with Gasteiger partial charge in [0.1, 0.15) is 11.5 Å². The van der Waals surface area contributed by atoms with Gasteiger partial charge >= 0.3 is 0 Å². The van der Waals surface area contributed by atoms with Crippen LogP contribution < -0.4 is 5.32 Å². The third-order valence-corrected chi connectivity index (χ3v) is 5.42. The number of benzene rings is 2. The second kappa shape index (κ2) is 7.20. The van der Waals surface area contributed by atoms with E-state index in [1.165, 1.54) is 22.6 Å². The predicted molar refractivity (Wildman–Crippen MR) is 113 cm³/mol. The fraction of sp³-hybridized carbons (Fsp3) is 0.182. The fourth-order valence-electron chi connectivity index (χ4n) is 3.56. The van der Waals surface area contributed by atoms with E-state index >= 15 is 0 Å². The van der Waals surface area contributed by atoms with Crippen LogP contribution in [-0.2, 0) is 17.8 Å². The minimum Gasteiger partial charge on any atom is -0.342 e. The molecule has 2 heterocycles. The molecule has 2 aromatic carbocycles. The molecule has 1 aliphatic heterocycles. The van der Waals surface area contributed by atoms with Crippen molar-refractivity contribution in [3.05, 3.63) is 76.9 Å². The molecule has 1 N–H and O–H groups in total. The summed E-state index contributed by atoms with van der Waals surface area (Å²) in [6.07, 6.45) is 4.78. The Kier molecular flexibility index (Phi) is 4.73. The molecule has 0 atom stereocenters. The van der Waals surface area contributed by atoms with Crippen molar-refractivity contribution in [2.45, 2.75) is 19.9 Å². The molecule has 6 heteroatoms. The number of rotatable bonds is 4. The van der Waals surface area contributed by atoms with Gasteiger partial charge in [-0.2, -0.15) is 0 Å². The summed E-state index contributed by atoms with van der Waals surface area (Å²) < 4.78 is 15.4. The SMILES string of the molecule is CCc1cccc2c(/C=C3\NC(=S)N(C)C3=O)cn(Cc3ccc(F)cc3)c12. The van der Waals surface area contributed by atoms with Crippen molar-refractivity contribution >= 4 is 40.2 Å². The first-order valence-electron chi connectivity index (χ1n) is 9.14. The van der Waals surface area contributed by atoms with Crippen molar-refractivity contribution < 1.29 is 9.18 Å². The zero-order valence-corrected chi connectivity index (χ0v) is 16.5. The highest BCUT2D eigenvalue weighted by Gasteiger charge is 2.27. The molecule has 4 rings (SSSR count). The third kappa shape index (κ3) is 3.20. The predicted octanol–water partition coefficient (Wildman–Crippen LogP) is 4.08. The molecule has 0 bridgehead atoms. The molecule has 1 aliphatic rings. The Morgan fingerprint density at radius 2 is 1.93 bits per heavy atom. The maximum atomic E-state index is 13.3. The van der Waals surface area contributed by atoms with E-state index in [0.29, 0.717) is 17.4 Å². The van der Waals surface area contributed by atoms with Gasteiger partial charge < -0.3 is 9.88 Å². The van der Waals surface area contributed by atoms with Crippen LogP contribution in [0.15, 0.2) is 54.4 Å². The normalized spacial score (nSPS) is 15.7. The van der Waals surface area contributed by atoms with E-state index in [0.717, 1.165) is 28.5 Å². The van der Waals surface area contributed by atoms with E-state index in [1.54, 1.807) is 19.2 Å². The smallest absolute Gasteiger partial charge is 0.276 e. The van der Waals surface area contributed by atoms with Gasteiger partial charge in [0.25, 0.3) is 5.91 Å². The molecule has 142 valence electrons. The highest BCUT2D eigenvalue weighted by Crippen LogP contribution is 2.28. The summed E-state index contributed by atoms with van der Waals surface area (Å²) in [5.74, 6) is -0.386. The average molecular weight is 393 g/mol. The quantitative estimate of drug-likeness (QED) is 0.536. The van der Waals surface area contributed by atoms with E-state index in [4.69, 9.17) is 12.2 Å². The molecule has 1 fully saturated rings. The highest BCUT2D eigenvalue weighted by molar-refractivity contribution is 7.80. The molecule has 0 saturated carbocycles. The lowest BCUT2D eigenvalue weighted by molar-refractivity contribution is -0.121. The van der Waals surface area contributed by atoms with E-state index in [2.05, 4.69) is 28.9 Å². The zero-order chi connectivity index (χ0) is 19.8. The Labute approximate surface area is 168 Å². The topological polar surface area (TPSA) is 37.3 Å². The van der Waals surface area contributed by atoms with Gasteiger partial charge in [0, 0.05) is 30.7 Å². The van der Waals surface area contributed by atoms with Crippen LogP contribution in [0.1, 0.15) is 23.6 Å². The lowest BCUT2D eigenvalue weighted by Gasteiger charge is -2.09. The molecule has 1 saturated heterocycles. The van der Waals surface area contributed by atoms with E-state index in [9.17, 15) is 9.18 Å². The number of carbonyl (C=O) groups is 1. The number of fused-ring (bicyclic) bond motifs is 1. The number of carbonyl (C=O) groups excluding carboxylic acids is 1. The number of aryl methyl sites for hydroxylation is 1. The van der Waals surface area contributed by atoms with Gasteiger partial charge in [0.05, 0.1) is 5.52 Å². The molecule has 0 spiro atoms. The van der Waals surface area contributed by atoms with Crippen LogP contribution in [0.2, 0.25) is 0 Å². The minimum atomic E-state index is -0.244. The number of hydrogen-bond acceptors (Lipinski definition) is 2. The van der Waals surface area contributed by atoms with Crippen molar-refractivity contribution in [2.24, 2.45) is 0 Å². The van der Waals surface area contributed by atoms with Crippen LogP contribution in [0.3, 0.4) is 0 Å². The summed E-state index contributed by atoms with van der Waals surface area (Å²) in [4.78, 5) is 13.8. The molecule has 0 unspecified atom stereocenters. The van der Waals surface area contributed by atoms with Gasteiger partial charge in [-0.3, -0.25) is 9.69 Å². The summed E-state index contributed by atoms with van der Waals surface area (Å²) >= 11 is 5.17. The van der Waals surface area contributed by atoms with Crippen LogP contribution in [-0.4, -0.2) is 27.5 Å². The lowest BCUT2D eigenvalue weighted by Crippen LogP contribution is -2.25. The number of likely N-dealkylation sites (N-methyl/N-ethyl adjacent to an activating group) is 1. The van der Waals surface area contributed by atoms with Gasteiger partial charge in [-0.25, -0.2) is 4.39 Å². The first-order valence-corrected chi connectivity index (χ1v) is 9.54. The van der Waals surface area contributed by atoms with Crippen molar-refractivity contribution in [3.63, 3.8) is 0 Å². The number of thiocarbonyl (C=S) groups is 1. The third-order valence-electron chi connectivity index (χ3n) is 5.04. The number of nitrogens with zero attached hydrogens (tertiary/aromatic N) is 2. The molecule has 0 radical (unpaired) electrons. The van der Waals surface area contributed by atoms with Gasteiger partial charge in [-0.05, 0) is 48.0 Å². The minimum absolute atomic E-state index is 0.143. The first kappa shape index (κ1) is 18.4. The second-order valence-corrected chi connectivity index (χ2v) is 7.24. The van der Waals surface area contributed by atoms with Crippen LogP contribution in [0.5, 0.6) is 0 Å². The lowest BCUT2D eigenvalue weighted by atomic mass is 10.1. The number of hydrogen-bond donors (Lipinski definition) is 1. The molecule has 0 aliphatic carbocycles. The van der Waals surface area contributed by atoms with Crippen LogP contribution in [0.25, 0.3) is 17.0 Å². The monoisotopic (exact) mass is 393 g/mol. The molecule has 3 aromatic rings. The van der Waals surface area contributed by atoms with Gasteiger partial charge in [0.15, 0.2) is 5.11 Å². The average Bonchev–Trinajstić information content (AvgIpc) is 3.16. The molecule has 1 amide bonds. The Bertz CT molecular complexity index is 1110. The second-order valence-electron chi connectivity index (χ2n) is 6.86. The maximum absolute atomic E-state index is 13.3. The van der Waals surface area contributed by atoms with Crippen LogP contribution >= 0.6 is 12.2 Å². The number of halogens is 1. The fourth-order valence-corrected chi connectivity index (χ4v) is 3.75. The number of aromatic nitrogens is 1. The molecular formula is C22H20FN3OS. The van der Waals surface area contributed by atoms with Gasteiger partial charge in [-0.15, -0.1) is 0 Å². The Balaban J connectivity index is 1.83. The van der Waals surface area contributed by atoms with E-state index in [-0.39, 0.29) is 11.7 Å². The number of para-hydroxylation sites is 1.